The molecule has 0 saturated carbocycles. The van der Waals surface area contributed by atoms with Crippen molar-refractivity contribution in [2.45, 2.75) is 24.4 Å². The van der Waals surface area contributed by atoms with Crippen molar-refractivity contribution in [1.29, 1.82) is 0 Å². The van der Waals surface area contributed by atoms with Crippen LogP contribution in [0.5, 0.6) is 0 Å². The Hall–Kier alpha value is -2.48. The molecule has 0 aromatic heterocycles. The molecule has 0 unspecified atom stereocenters. The predicted molar refractivity (Wildman–Crippen MR) is 119 cm³/mol. The average Bonchev–Trinajstić information content (AvgIpc) is 2.73. The molecule has 1 amide bonds. The Kier molecular flexibility index (Phi) is 7.07. The summed E-state index contributed by atoms with van der Waals surface area (Å²) in [6.45, 7) is 5.34. The molecule has 0 N–H and O–H groups in total. The van der Waals surface area contributed by atoms with Crippen molar-refractivity contribution in [3.63, 3.8) is 0 Å². The summed E-state index contributed by atoms with van der Waals surface area (Å²) in [6.07, 6.45) is 3.30. The summed E-state index contributed by atoms with van der Waals surface area (Å²) in [4.78, 5) is 17.2. The van der Waals surface area contributed by atoms with Gasteiger partial charge in [0.05, 0.1) is 4.90 Å². The molecule has 1 saturated heterocycles. The summed E-state index contributed by atoms with van der Waals surface area (Å²) in [5.41, 5.74) is 2.07. The summed E-state index contributed by atoms with van der Waals surface area (Å²) in [5.74, 6) is -0.0214. The molecule has 0 spiro atoms. The Morgan fingerprint density at radius 2 is 1.73 bits per heavy atom. The van der Waals surface area contributed by atoms with E-state index >= 15 is 0 Å². The van der Waals surface area contributed by atoms with Crippen molar-refractivity contribution >= 4 is 22.0 Å². The van der Waals surface area contributed by atoms with Crippen LogP contribution < -0.4 is 0 Å². The minimum atomic E-state index is -3.45. The van der Waals surface area contributed by atoms with Gasteiger partial charge in [-0.2, -0.15) is 0 Å². The Morgan fingerprint density at radius 1 is 1.07 bits per heavy atom. The number of carbonyl (C=O) groups is 1. The number of rotatable bonds is 6. The smallest absolute Gasteiger partial charge is 0.246 e. The highest BCUT2D eigenvalue weighted by molar-refractivity contribution is 7.89. The number of sulfonamides is 1. The molecule has 1 aliphatic rings. The van der Waals surface area contributed by atoms with Crippen LogP contribution in [0.4, 0.5) is 0 Å². The van der Waals surface area contributed by atoms with Gasteiger partial charge in [-0.1, -0.05) is 42.5 Å². The monoisotopic (exact) mass is 427 g/mol. The first-order valence-corrected chi connectivity index (χ1v) is 11.5. The van der Waals surface area contributed by atoms with Crippen molar-refractivity contribution < 1.29 is 13.2 Å². The highest BCUT2D eigenvalue weighted by Gasteiger charge is 2.26. The van der Waals surface area contributed by atoms with Gasteiger partial charge in [-0.15, -0.1) is 0 Å². The van der Waals surface area contributed by atoms with Crippen LogP contribution in [0.25, 0.3) is 6.08 Å². The van der Waals surface area contributed by atoms with Crippen LogP contribution in [0.15, 0.2) is 65.6 Å². The second kappa shape index (κ2) is 9.55. The first-order valence-electron chi connectivity index (χ1n) is 10.0. The van der Waals surface area contributed by atoms with E-state index in [0.717, 1.165) is 25.2 Å². The first-order chi connectivity index (χ1) is 14.3. The van der Waals surface area contributed by atoms with Crippen LogP contribution in [-0.4, -0.2) is 68.2 Å². The Bertz CT molecular complexity index is 986. The Morgan fingerprint density at radius 3 is 2.33 bits per heavy atom. The lowest BCUT2D eigenvalue weighted by Gasteiger charge is -2.39. The van der Waals surface area contributed by atoms with Crippen LogP contribution in [0, 0.1) is 0 Å². The van der Waals surface area contributed by atoms with Crippen molar-refractivity contribution in [3.05, 3.63) is 71.8 Å². The van der Waals surface area contributed by atoms with E-state index < -0.39 is 10.0 Å². The van der Waals surface area contributed by atoms with Gasteiger partial charge in [0, 0.05) is 52.4 Å². The molecule has 7 heteroatoms. The van der Waals surface area contributed by atoms with Gasteiger partial charge >= 0.3 is 0 Å². The molecule has 160 valence electrons. The van der Waals surface area contributed by atoms with Gasteiger partial charge in [0.15, 0.2) is 0 Å². The lowest BCUT2D eigenvalue weighted by Crippen LogP contribution is -2.53. The lowest BCUT2D eigenvalue weighted by atomic mass is 10.1. The molecule has 2 aromatic rings. The zero-order valence-electron chi connectivity index (χ0n) is 17.7. The van der Waals surface area contributed by atoms with E-state index in [1.165, 1.54) is 24.0 Å². The molecule has 2 aromatic carbocycles. The molecule has 0 bridgehead atoms. The van der Waals surface area contributed by atoms with Crippen LogP contribution in [0.2, 0.25) is 0 Å². The summed E-state index contributed by atoms with van der Waals surface area (Å²) in [7, 11) is -0.443. The normalized spacial score (nSPS) is 18.3. The average molecular weight is 428 g/mol. The molecule has 1 atom stereocenters. The quantitative estimate of drug-likeness (QED) is 0.665. The van der Waals surface area contributed by atoms with E-state index in [0.29, 0.717) is 6.54 Å². The molecule has 1 aliphatic heterocycles. The maximum atomic E-state index is 12.7. The molecule has 1 fully saturated rings. The van der Waals surface area contributed by atoms with E-state index in [-0.39, 0.29) is 16.8 Å². The van der Waals surface area contributed by atoms with E-state index in [9.17, 15) is 13.2 Å². The lowest BCUT2D eigenvalue weighted by molar-refractivity contribution is -0.130. The molecule has 6 nitrogen and oxygen atoms in total. The highest BCUT2D eigenvalue weighted by atomic mass is 32.2. The third kappa shape index (κ3) is 5.36. The zero-order chi connectivity index (χ0) is 21.7. The van der Waals surface area contributed by atoms with E-state index in [4.69, 9.17) is 0 Å². The largest absolute Gasteiger partial charge is 0.334 e. The molecular formula is C23H29N3O3S. The first kappa shape index (κ1) is 22.2. The fourth-order valence-corrected chi connectivity index (χ4v) is 4.47. The van der Waals surface area contributed by atoms with Crippen molar-refractivity contribution in [2.75, 3.05) is 33.7 Å². The number of amides is 1. The van der Waals surface area contributed by atoms with Crippen molar-refractivity contribution in [1.82, 2.24) is 14.1 Å². The number of nitrogens with zero attached hydrogens (tertiary/aromatic N) is 3. The molecule has 0 radical (unpaired) electrons. The standard InChI is InChI=1S/C23H29N3O3S/c1-19-17-25(18-21-7-5-4-6-8-21)15-16-26(19)23(27)14-11-20-9-12-22(13-10-20)30(28,29)24(2)3/h4-14,19H,15-18H2,1-3H3/t19-/m1/s1. The molecule has 30 heavy (non-hydrogen) atoms. The maximum Gasteiger partial charge on any atom is 0.246 e. The SMILES string of the molecule is C[C@@H]1CN(Cc2ccccc2)CCN1C(=O)C=Cc1ccc(S(=O)(=O)N(C)C)cc1. The summed E-state index contributed by atoms with van der Waals surface area (Å²) < 4.78 is 25.5. The van der Waals surface area contributed by atoms with Gasteiger partial charge in [-0.3, -0.25) is 9.69 Å². The number of hydrogen-bond donors (Lipinski definition) is 0. The minimum Gasteiger partial charge on any atom is -0.334 e. The van der Waals surface area contributed by atoms with Crippen molar-refractivity contribution in [3.8, 4) is 0 Å². The third-order valence-corrected chi connectivity index (χ3v) is 7.15. The molecule has 3 rings (SSSR count). The number of benzene rings is 2. The van der Waals surface area contributed by atoms with E-state index in [1.54, 1.807) is 36.4 Å². The van der Waals surface area contributed by atoms with Gasteiger partial charge in [0.25, 0.3) is 0 Å². The summed E-state index contributed by atoms with van der Waals surface area (Å²) >= 11 is 0. The Labute approximate surface area is 179 Å². The summed E-state index contributed by atoms with van der Waals surface area (Å²) in [6, 6.07) is 17.0. The Balaban J connectivity index is 1.57. The second-order valence-electron chi connectivity index (χ2n) is 7.79. The van der Waals surface area contributed by atoms with Gasteiger partial charge in [0.1, 0.15) is 0 Å². The van der Waals surface area contributed by atoms with Gasteiger partial charge < -0.3 is 4.90 Å². The van der Waals surface area contributed by atoms with Gasteiger partial charge in [-0.25, -0.2) is 12.7 Å². The zero-order valence-corrected chi connectivity index (χ0v) is 18.5. The number of hydrogen-bond acceptors (Lipinski definition) is 4. The van der Waals surface area contributed by atoms with Crippen LogP contribution >= 0.6 is 0 Å². The van der Waals surface area contributed by atoms with Crippen LogP contribution in [-0.2, 0) is 21.4 Å². The topological polar surface area (TPSA) is 60.9 Å². The van der Waals surface area contributed by atoms with Crippen LogP contribution in [0.3, 0.4) is 0 Å². The summed E-state index contributed by atoms with van der Waals surface area (Å²) in [5, 5.41) is 0. The fraction of sp³-hybridized carbons (Fsp3) is 0.348. The van der Waals surface area contributed by atoms with Crippen molar-refractivity contribution in [2.24, 2.45) is 0 Å². The highest BCUT2D eigenvalue weighted by Crippen LogP contribution is 2.16. The fourth-order valence-electron chi connectivity index (χ4n) is 3.57. The number of piperazine rings is 1. The maximum absolute atomic E-state index is 12.7. The third-order valence-electron chi connectivity index (χ3n) is 5.32. The predicted octanol–water partition coefficient (Wildman–Crippen LogP) is 2.68. The van der Waals surface area contributed by atoms with Gasteiger partial charge in [-0.05, 0) is 36.3 Å². The second-order valence-corrected chi connectivity index (χ2v) is 9.94. The molecular weight excluding hydrogens is 398 g/mol. The number of carbonyl (C=O) groups excluding carboxylic acids is 1. The van der Waals surface area contributed by atoms with Crippen LogP contribution in [0.1, 0.15) is 18.1 Å². The van der Waals surface area contributed by atoms with E-state index in [2.05, 4.69) is 24.0 Å². The van der Waals surface area contributed by atoms with E-state index in [1.807, 2.05) is 23.1 Å². The van der Waals surface area contributed by atoms with Gasteiger partial charge in [0.2, 0.25) is 15.9 Å². The molecule has 1 heterocycles. The molecule has 0 aliphatic carbocycles. The minimum absolute atomic E-state index is 0.0214.